The van der Waals surface area contributed by atoms with Crippen LogP contribution in [0.1, 0.15) is 31.1 Å². The fraction of sp³-hybridized carbons (Fsp3) is 0.308. The Bertz CT molecular complexity index is 551. The molecule has 0 aliphatic carbocycles. The Morgan fingerprint density at radius 3 is 2.61 bits per heavy atom. The van der Waals surface area contributed by atoms with Gasteiger partial charge in [0, 0.05) is 0 Å². The third-order valence-corrected chi connectivity index (χ3v) is 3.29. The first-order chi connectivity index (χ1) is 8.47. The highest BCUT2D eigenvalue weighted by Crippen LogP contribution is 2.40. The van der Waals surface area contributed by atoms with Crippen LogP contribution in [0.4, 0.5) is 0 Å². The van der Waals surface area contributed by atoms with Gasteiger partial charge in [-0.1, -0.05) is 24.3 Å². The van der Waals surface area contributed by atoms with Crippen LogP contribution in [0.2, 0.25) is 0 Å². The molecule has 2 atom stereocenters. The molecule has 0 fully saturated rings. The number of aliphatic hydroxyl groups excluding tert-OH is 1. The third kappa shape index (κ3) is 1.82. The lowest BCUT2D eigenvalue weighted by atomic mass is 9.82. The number of azo groups is 1. The zero-order chi connectivity index (χ0) is 13.3. The van der Waals surface area contributed by atoms with Crippen molar-refractivity contribution in [3.8, 4) is 0 Å². The smallest absolute Gasteiger partial charge is 0.337 e. The molecule has 1 aromatic rings. The Labute approximate surface area is 104 Å². The lowest BCUT2D eigenvalue weighted by molar-refractivity contribution is -0.147. The first-order valence-electron chi connectivity index (χ1n) is 5.56. The third-order valence-electron chi connectivity index (χ3n) is 3.29. The summed E-state index contributed by atoms with van der Waals surface area (Å²) in [5.74, 6) is -1.28. The molecule has 0 bridgehead atoms. The maximum atomic E-state index is 10.9. The Morgan fingerprint density at radius 2 is 2.06 bits per heavy atom. The van der Waals surface area contributed by atoms with Crippen LogP contribution in [0.5, 0.6) is 0 Å². The summed E-state index contributed by atoms with van der Waals surface area (Å²) in [6, 6.07) is 6.85. The Balaban J connectivity index is 2.56. The van der Waals surface area contributed by atoms with Crippen molar-refractivity contribution >= 4 is 5.97 Å². The summed E-state index contributed by atoms with van der Waals surface area (Å²) in [6.45, 7) is 3.73. The number of benzene rings is 1. The van der Waals surface area contributed by atoms with Crippen LogP contribution in [0.3, 0.4) is 0 Å². The minimum absolute atomic E-state index is 0.348. The first-order valence-corrected chi connectivity index (χ1v) is 5.56. The number of carbonyl (C=O) groups is 1. The van der Waals surface area contributed by atoms with E-state index in [0.29, 0.717) is 11.1 Å². The van der Waals surface area contributed by atoms with E-state index in [4.69, 9.17) is 5.11 Å². The predicted molar refractivity (Wildman–Crippen MR) is 65.0 cm³/mol. The molecule has 0 spiro atoms. The lowest BCUT2D eigenvalue weighted by Crippen LogP contribution is -2.23. The minimum atomic E-state index is -1.55. The van der Waals surface area contributed by atoms with E-state index in [1.54, 1.807) is 30.5 Å². The number of aliphatic hydroxyl groups is 1. The molecule has 5 heteroatoms. The summed E-state index contributed by atoms with van der Waals surface area (Å²) in [7, 11) is 0. The second kappa shape index (κ2) is 4.34. The van der Waals surface area contributed by atoms with Crippen molar-refractivity contribution in [3.63, 3.8) is 0 Å². The normalized spacial score (nSPS) is 23.8. The quantitative estimate of drug-likeness (QED) is 0.859. The summed E-state index contributed by atoms with van der Waals surface area (Å²) < 4.78 is 0. The van der Waals surface area contributed by atoms with Crippen molar-refractivity contribution in [2.24, 2.45) is 10.2 Å². The van der Waals surface area contributed by atoms with Gasteiger partial charge in [-0.15, -0.1) is 0 Å². The van der Waals surface area contributed by atoms with Crippen LogP contribution in [0.25, 0.3) is 0 Å². The fourth-order valence-electron chi connectivity index (χ4n) is 2.01. The van der Waals surface area contributed by atoms with Crippen molar-refractivity contribution in [3.05, 3.63) is 47.2 Å². The van der Waals surface area contributed by atoms with Crippen molar-refractivity contribution in [1.82, 2.24) is 0 Å². The standard InChI is InChI=1S/C13H14N2O3/c1-8-7-14-15-13(8,2)10-6-4-3-5-9(10)11(16)12(17)18/h3-7,11,16H,1-2H3,(H,17,18). The molecule has 0 amide bonds. The van der Waals surface area contributed by atoms with Crippen molar-refractivity contribution in [2.75, 3.05) is 0 Å². The fourth-order valence-corrected chi connectivity index (χ4v) is 2.01. The Hall–Kier alpha value is -2.01. The average molecular weight is 246 g/mol. The molecule has 2 unspecified atom stereocenters. The topological polar surface area (TPSA) is 82.2 Å². The Morgan fingerprint density at radius 1 is 1.39 bits per heavy atom. The van der Waals surface area contributed by atoms with Gasteiger partial charge in [-0.2, -0.15) is 10.2 Å². The van der Waals surface area contributed by atoms with Gasteiger partial charge in [0.2, 0.25) is 0 Å². The zero-order valence-corrected chi connectivity index (χ0v) is 10.2. The maximum absolute atomic E-state index is 10.9. The molecule has 1 heterocycles. The molecule has 0 aromatic heterocycles. The monoisotopic (exact) mass is 246 g/mol. The number of hydrogen-bond acceptors (Lipinski definition) is 4. The van der Waals surface area contributed by atoms with Gasteiger partial charge in [-0.3, -0.25) is 0 Å². The molecule has 5 nitrogen and oxygen atoms in total. The van der Waals surface area contributed by atoms with Crippen molar-refractivity contribution in [2.45, 2.75) is 25.5 Å². The molecule has 0 saturated carbocycles. The van der Waals surface area contributed by atoms with E-state index in [1.165, 1.54) is 0 Å². The van der Waals surface area contributed by atoms with Crippen LogP contribution in [0, 0.1) is 0 Å². The summed E-state index contributed by atoms with van der Waals surface area (Å²) >= 11 is 0. The van der Waals surface area contributed by atoms with Gasteiger partial charge < -0.3 is 10.2 Å². The van der Waals surface area contributed by atoms with E-state index in [9.17, 15) is 9.90 Å². The van der Waals surface area contributed by atoms with E-state index >= 15 is 0 Å². The summed E-state index contributed by atoms with van der Waals surface area (Å²) in [5.41, 5.74) is 1.22. The van der Waals surface area contributed by atoms with Gasteiger partial charge >= 0.3 is 5.97 Å². The second-order valence-corrected chi connectivity index (χ2v) is 4.43. The van der Waals surface area contributed by atoms with Gasteiger partial charge in [0.1, 0.15) is 5.54 Å². The number of hydrogen-bond donors (Lipinski definition) is 2. The summed E-state index contributed by atoms with van der Waals surface area (Å²) in [6.07, 6.45) is 0.0887. The van der Waals surface area contributed by atoms with E-state index in [0.717, 1.165) is 5.57 Å². The highest BCUT2D eigenvalue weighted by molar-refractivity contribution is 5.75. The van der Waals surface area contributed by atoms with Crippen LogP contribution >= 0.6 is 0 Å². The molecule has 1 aliphatic rings. The van der Waals surface area contributed by atoms with E-state index < -0.39 is 17.6 Å². The highest BCUT2D eigenvalue weighted by Gasteiger charge is 2.35. The van der Waals surface area contributed by atoms with E-state index in [2.05, 4.69) is 10.2 Å². The first kappa shape index (κ1) is 12.4. The number of carboxylic acids is 1. The predicted octanol–water partition coefficient (Wildman–Crippen LogP) is 2.39. The van der Waals surface area contributed by atoms with Crippen LogP contribution in [-0.4, -0.2) is 16.2 Å². The number of aliphatic carboxylic acids is 1. The van der Waals surface area contributed by atoms with Crippen molar-refractivity contribution < 1.29 is 15.0 Å². The average Bonchev–Trinajstić information content (AvgIpc) is 2.70. The number of carboxylic acid groups (broad SMARTS) is 1. The molecule has 18 heavy (non-hydrogen) atoms. The van der Waals surface area contributed by atoms with Crippen LogP contribution < -0.4 is 0 Å². The second-order valence-electron chi connectivity index (χ2n) is 4.43. The number of rotatable bonds is 3. The Kier molecular flexibility index (Phi) is 3.00. The largest absolute Gasteiger partial charge is 0.479 e. The van der Waals surface area contributed by atoms with E-state index in [-0.39, 0.29) is 0 Å². The molecule has 2 rings (SSSR count). The molecule has 0 radical (unpaired) electrons. The summed E-state index contributed by atoms with van der Waals surface area (Å²) in [5, 5.41) is 26.7. The molecule has 1 aromatic carbocycles. The molecule has 1 aliphatic heterocycles. The van der Waals surface area contributed by atoms with Crippen LogP contribution in [0.15, 0.2) is 46.3 Å². The highest BCUT2D eigenvalue weighted by atomic mass is 16.4. The lowest BCUT2D eigenvalue weighted by Gasteiger charge is -2.25. The molecule has 94 valence electrons. The zero-order valence-electron chi connectivity index (χ0n) is 10.2. The van der Waals surface area contributed by atoms with Crippen LogP contribution in [-0.2, 0) is 10.3 Å². The van der Waals surface area contributed by atoms with Gasteiger partial charge in [-0.25, -0.2) is 4.79 Å². The SMILES string of the molecule is CC1=CN=NC1(C)c1ccccc1C(O)C(=O)O. The number of nitrogens with zero attached hydrogens (tertiary/aromatic N) is 2. The van der Waals surface area contributed by atoms with Gasteiger partial charge in [0.15, 0.2) is 6.10 Å². The summed E-state index contributed by atoms with van der Waals surface area (Å²) in [4.78, 5) is 10.9. The molecule has 2 N–H and O–H groups in total. The molecular weight excluding hydrogens is 232 g/mol. The van der Waals surface area contributed by atoms with Gasteiger partial charge in [0.25, 0.3) is 0 Å². The van der Waals surface area contributed by atoms with Crippen molar-refractivity contribution in [1.29, 1.82) is 0 Å². The maximum Gasteiger partial charge on any atom is 0.337 e. The van der Waals surface area contributed by atoms with Gasteiger partial charge in [-0.05, 0) is 30.5 Å². The van der Waals surface area contributed by atoms with E-state index in [1.807, 2.05) is 13.8 Å². The van der Waals surface area contributed by atoms with Gasteiger partial charge in [0.05, 0.1) is 6.20 Å². The minimum Gasteiger partial charge on any atom is -0.479 e. The molecular formula is C13H14N2O3. The molecule has 0 saturated heterocycles.